The Balaban J connectivity index is 2.01. The van der Waals surface area contributed by atoms with E-state index in [1.165, 1.54) is 0 Å². The predicted octanol–water partition coefficient (Wildman–Crippen LogP) is 1.05. The van der Waals surface area contributed by atoms with Crippen LogP contribution >= 0.6 is 0 Å². The van der Waals surface area contributed by atoms with Crippen molar-refractivity contribution in [1.29, 1.82) is 0 Å². The lowest BCUT2D eigenvalue weighted by molar-refractivity contribution is 0.381. The summed E-state index contributed by atoms with van der Waals surface area (Å²) in [7, 11) is -3.06. The molecule has 0 aromatic heterocycles. The maximum Gasteiger partial charge on any atom is 0.218 e. The highest BCUT2D eigenvalue weighted by atomic mass is 32.2. The Labute approximate surface area is 105 Å². The third kappa shape index (κ3) is 2.83. The van der Waals surface area contributed by atoms with Gasteiger partial charge in [-0.1, -0.05) is 13.8 Å². The molecule has 0 amide bonds. The van der Waals surface area contributed by atoms with Crippen molar-refractivity contribution in [3.63, 3.8) is 0 Å². The monoisotopic (exact) mass is 260 g/mol. The molecule has 5 heteroatoms. The Hall–Kier alpha value is -0.130. The van der Waals surface area contributed by atoms with Gasteiger partial charge in [0, 0.05) is 19.6 Å². The zero-order valence-corrected chi connectivity index (χ0v) is 11.7. The lowest BCUT2D eigenvalue weighted by Gasteiger charge is -2.27. The maximum atomic E-state index is 12.4. The molecule has 2 aliphatic rings. The van der Waals surface area contributed by atoms with Gasteiger partial charge >= 0.3 is 0 Å². The second-order valence-corrected chi connectivity index (χ2v) is 7.88. The van der Waals surface area contributed by atoms with Gasteiger partial charge in [0.1, 0.15) is 0 Å². The van der Waals surface area contributed by atoms with Gasteiger partial charge in [-0.15, -0.1) is 0 Å². The van der Waals surface area contributed by atoms with Gasteiger partial charge in [-0.25, -0.2) is 12.7 Å². The molecule has 0 saturated carbocycles. The number of rotatable bonds is 3. The lowest BCUT2D eigenvalue weighted by Crippen LogP contribution is -2.45. The van der Waals surface area contributed by atoms with Gasteiger partial charge < -0.3 is 5.32 Å². The number of hydrogen-bond acceptors (Lipinski definition) is 3. The SMILES string of the molecule is CC(C)C1CCN(S(=O)(=O)C2CCCNC2)C1. The average molecular weight is 260 g/mol. The molecule has 2 unspecified atom stereocenters. The van der Waals surface area contributed by atoms with E-state index in [0.29, 0.717) is 18.4 Å². The summed E-state index contributed by atoms with van der Waals surface area (Å²) in [5.41, 5.74) is 0. The summed E-state index contributed by atoms with van der Waals surface area (Å²) >= 11 is 0. The van der Waals surface area contributed by atoms with Crippen LogP contribution in [0.15, 0.2) is 0 Å². The normalized spacial score (nSPS) is 32.2. The summed E-state index contributed by atoms with van der Waals surface area (Å²) in [6.45, 7) is 7.41. The first-order valence-corrected chi connectivity index (χ1v) is 8.22. The first-order valence-electron chi connectivity index (χ1n) is 6.71. The highest BCUT2D eigenvalue weighted by Gasteiger charge is 2.37. The quantitative estimate of drug-likeness (QED) is 0.825. The average Bonchev–Trinajstić information content (AvgIpc) is 2.80. The van der Waals surface area contributed by atoms with Crippen LogP contribution in [0.5, 0.6) is 0 Å². The van der Waals surface area contributed by atoms with Gasteiger partial charge in [0.2, 0.25) is 10.0 Å². The Morgan fingerprint density at radius 2 is 2.06 bits per heavy atom. The summed E-state index contributed by atoms with van der Waals surface area (Å²) < 4.78 is 26.6. The zero-order valence-electron chi connectivity index (χ0n) is 10.9. The second-order valence-electron chi connectivity index (χ2n) is 5.66. The molecule has 0 aromatic carbocycles. The van der Waals surface area contributed by atoms with E-state index < -0.39 is 10.0 Å². The molecular formula is C12H24N2O2S. The third-order valence-electron chi connectivity index (χ3n) is 4.16. The smallest absolute Gasteiger partial charge is 0.218 e. The van der Waals surface area contributed by atoms with E-state index in [0.717, 1.165) is 38.9 Å². The van der Waals surface area contributed by atoms with E-state index in [4.69, 9.17) is 0 Å². The molecule has 2 fully saturated rings. The molecule has 1 N–H and O–H groups in total. The van der Waals surface area contributed by atoms with E-state index in [2.05, 4.69) is 19.2 Å². The fourth-order valence-electron chi connectivity index (χ4n) is 2.81. The van der Waals surface area contributed by atoms with E-state index in [1.54, 1.807) is 4.31 Å². The van der Waals surface area contributed by atoms with Crippen LogP contribution in [0.4, 0.5) is 0 Å². The van der Waals surface area contributed by atoms with Gasteiger partial charge in [0.15, 0.2) is 0 Å². The van der Waals surface area contributed by atoms with Crippen molar-refractivity contribution in [1.82, 2.24) is 9.62 Å². The molecule has 0 aromatic rings. The summed E-state index contributed by atoms with van der Waals surface area (Å²) in [6.07, 6.45) is 2.82. The van der Waals surface area contributed by atoms with Gasteiger partial charge in [-0.2, -0.15) is 0 Å². The lowest BCUT2D eigenvalue weighted by atomic mass is 9.96. The first kappa shape index (κ1) is 13.3. The van der Waals surface area contributed by atoms with E-state index >= 15 is 0 Å². The topological polar surface area (TPSA) is 49.4 Å². The summed E-state index contributed by atoms with van der Waals surface area (Å²) in [5.74, 6) is 1.13. The molecular weight excluding hydrogens is 236 g/mol. The molecule has 0 spiro atoms. The van der Waals surface area contributed by atoms with Crippen molar-refractivity contribution in [2.75, 3.05) is 26.2 Å². The van der Waals surface area contributed by atoms with E-state index in [1.807, 2.05) is 0 Å². The Morgan fingerprint density at radius 1 is 1.29 bits per heavy atom. The molecule has 2 aliphatic heterocycles. The van der Waals surface area contributed by atoms with E-state index in [-0.39, 0.29) is 5.25 Å². The molecule has 2 heterocycles. The molecule has 2 rings (SSSR count). The molecule has 0 radical (unpaired) electrons. The minimum atomic E-state index is -3.06. The van der Waals surface area contributed by atoms with Gasteiger partial charge in [-0.3, -0.25) is 0 Å². The number of nitrogens with zero attached hydrogens (tertiary/aromatic N) is 1. The molecule has 100 valence electrons. The van der Waals surface area contributed by atoms with Crippen LogP contribution < -0.4 is 5.32 Å². The fourth-order valence-corrected chi connectivity index (χ4v) is 4.79. The van der Waals surface area contributed by atoms with Crippen LogP contribution in [0, 0.1) is 11.8 Å². The van der Waals surface area contributed by atoms with Gasteiger partial charge in [-0.05, 0) is 37.6 Å². The largest absolute Gasteiger partial charge is 0.315 e. The Bertz CT molecular complexity index is 348. The summed E-state index contributed by atoms with van der Waals surface area (Å²) in [4.78, 5) is 0. The minimum absolute atomic E-state index is 0.192. The van der Waals surface area contributed by atoms with Crippen LogP contribution in [0.3, 0.4) is 0 Å². The van der Waals surface area contributed by atoms with E-state index in [9.17, 15) is 8.42 Å². The summed E-state index contributed by atoms with van der Waals surface area (Å²) in [5, 5.41) is 3.00. The molecule has 17 heavy (non-hydrogen) atoms. The van der Waals surface area contributed by atoms with Crippen molar-refractivity contribution >= 4 is 10.0 Å². The van der Waals surface area contributed by atoms with Crippen LogP contribution in [0.25, 0.3) is 0 Å². The highest BCUT2D eigenvalue weighted by Crippen LogP contribution is 2.28. The number of sulfonamides is 1. The van der Waals surface area contributed by atoms with Crippen LogP contribution in [-0.4, -0.2) is 44.2 Å². The molecule has 0 bridgehead atoms. The molecule has 0 aliphatic carbocycles. The highest BCUT2D eigenvalue weighted by molar-refractivity contribution is 7.89. The van der Waals surface area contributed by atoms with Crippen molar-refractivity contribution < 1.29 is 8.42 Å². The number of hydrogen-bond donors (Lipinski definition) is 1. The van der Waals surface area contributed by atoms with Crippen molar-refractivity contribution in [3.8, 4) is 0 Å². The third-order valence-corrected chi connectivity index (χ3v) is 6.46. The fraction of sp³-hybridized carbons (Fsp3) is 1.00. The number of piperidine rings is 1. The van der Waals surface area contributed by atoms with Crippen molar-refractivity contribution in [2.45, 2.75) is 38.4 Å². The maximum absolute atomic E-state index is 12.4. The summed E-state index contributed by atoms with van der Waals surface area (Å²) in [6, 6.07) is 0. The predicted molar refractivity (Wildman–Crippen MR) is 69.3 cm³/mol. The molecule has 2 saturated heterocycles. The zero-order chi connectivity index (χ0) is 12.5. The molecule has 2 atom stereocenters. The number of nitrogens with one attached hydrogen (secondary N) is 1. The van der Waals surface area contributed by atoms with Crippen molar-refractivity contribution in [2.24, 2.45) is 11.8 Å². The van der Waals surface area contributed by atoms with Gasteiger partial charge in [0.05, 0.1) is 5.25 Å². The van der Waals surface area contributed by atoms with Gasteiger partial charge in [0.25, 0.3) is 0 Å². The van der Waals surface area contributed by atoms with Crippen LogP contribution in [0.1, 0.15) is 33.1 Å². The minimum Gasteiger partial charge on any atom is -0.315 e. The Kier molecular flexibility index (Phi) is 4.10. The van der Waals surface area contributed by atoms with Crippen LogP contribution in [0.2, 0.25) is 0 Å². The first-order chi connectivity index (χ1) is 8.01. The molecule has 4 nitrogen and oxygen atoms in total. The Morgan fingerprint density at radius 3 is 2.59 bits per heavy atom. The van der Waals surface area contributed by atoms with Crippen LogP contribution in [-0.2, 0) is 10.0 Å². The van der Waals surface area contributed by atoms with Crippen molar-refractivity contribution in [3.05, 3.63) is 0 Å². The second kappa shape index (κ2) is 5.24. The standard InChI is InChI=1S/C12H24N2O2S/c1-10(2)11-5-7-14(9-11)17(15,16)12-4-3-6-13-8-12/h10-13H,3-9H2,1-2H3.